The van der Waals surface area contributed by atoms with Gasteiger partial charge in [0.05, 0.1) is 0 Å². The van der Waals surface area contributed by atoms with Crippen molar-refractivity contribution in [2.24, 2.45) is 4.99 Å². The summed E-state index contributed by atoms with van der Waals surface area (Å²) in [7, 11) is 1.72. The third-order valence-corrected chi connectivity index (χ3v) is 4.66. The number of nitrogens with one attached hydrogen (secondary N) is 4. The molecule has 1 aliphatic heterocycles. The first-order chi connectivity index (χ1) is 12.7. The van der Waals surface area contributed by atoms with Gasteiger partial charge in [0.15, 0.2) is 5.96 Å². The van der Waals surface area contributed by atoms with E-state index in [1.807, 2.05) is 18.2 Å². The van der Waals surface area contributed by atoms with Gasteiger partial charge in [-0.25, -0.2) is 0 Å². The van der Waals surface area contributed by atoms with Crippen LogP contribution in [0.1, 0.15) is 43.6 Å². The highest BCUT2D eigenvalue weighted by molar-refractivity contribution is 5.94. The van der Waals surface area contributed by atoms with Crippen molar-refractivity contribution in [1.82, 2.24) is 16.0 Å². The Morgan fingerprint density at radius 3 is 2.85 bits per heavy atom. The third-order valence-electron chi connectivity index (χ3n) is 4.66. The van der Waals surface area contributed by atoms with E-state index in [4.69, 9.17) is 0 Å². The lowest BCUT2D eigenvalue weighted by Gasteiger charge is -2.26. The van der Waals surface area contributed by atoms with Crippen LogP contribution in [0.25, 0.3) is 0 Å². The van der Waals surface area contributed by atoms with Gasteiger partial charge in [0, 0.05) is 50.6 Å². The fourth-order valence-corrected chi connectivity index (χ4v) is 3.11. The molecule has 4 N–H and O–H groups in total. The summed E-state index contributed by atoms with van der Waals surface area (Å²) in [5.74, 6) is 0.973. The molecule has 1 heterocycles. The molecule has 1 saturated carbocycles. The Labute approximate surface area is 154 Å². The number of guanidine groups is 1. The van der Waals surface area contributed by atoms with Gasteiger partial charge >= 0.3 is 0 Å². The van der Waals surface area contributed by atoms with E-state index in [2.05, 4.69) is 32.3 Å². The van der Waals surface area contributed by atoms with Crippen LogP contribution in [-0.2, 0) is 9.59 Å². The molecule has 0 spiro atoms. The van der Waals surface area contributed by atoms with Gasteiger partial charge in [-0.15, -0.1) is 0 Å². The number of carbonyl (C=O) groups is 2. The topological polar surface area (TPSA) is 94.6 Å². The maximum absolute atomic E-state index is 11.9. The van der Waals surface area contributed by atoms with Crippen molar-refractivity contribution in [3.8, 4) is 0 Å². The molecule has 0 radical (unpaired) electrons. The SMILES string of the molecule is CN=C(NCCCC(=O)NC1CC1)NCC1CC(=O)Nc2ccccc21. The second-order valence-electron chi connectivity index (χ2n) is 6.86. The summed E-state index contributed by atoms with van der Waals surface area (Å²) in [5, 5.41) is 12.4. The number of fused-ring (bicyclic) bond motifs is 1. The molecular weight excluding hydrogens is 330 g/mol. The van der Waals surface area contributed by atoms with Crippen LogP contribution in [-0.4, -0.2) is 44.0 Å². The van der Waals surface area contributed by atoms with Crippen LogP contribution in [0.2, 0.25) is 0 Å². The lowest BCUT2D eigenvalue weighted by molar-refractivity contribution is -0.121. The molecule has 2 aliphatic rings. The Kier molecular flexibility index (Phi) is 6.09. The minimum Gasteiger partial charge on any atom is -0.356 e. The first-order valence-corrected chi connectivity index (χ1v) is 9.28. The lowest BCUT2D eigenvalue weighted by Crippen LogP contribution is -2.41. The minimum atomic E-state index is 0.0418. The zero-order valence-electron chi connectivity index (χ0n) is 15.2. The van der Waals surface area contributed by atoms with E-state index >= 15 is 0 Å². The number of rotatable bonds is 7. The molecule has 0 aromatic heterocycles. The fourth-order valence-electron chi connectivity index (χ4n) is 3.11. The first kappa shape index (κ1) is 18.2. The molecule has 1 aliphatic carbocycles. The summed E-state index contributed by atoms with van der Waals surface area (Å²) in [6, 6.07) is 8.31. The van der Waals surface area contributed by atoms with Gasteiger partial charge in [0.25, 0.3) is 0 Å². The summed E-state index contributed by atoms with van der Waals surface area (Å²) in [6.07, 6.45) is 3.97. The van der Waals surface area contributed by atoms with Crippen molar-refractivity contribution >= 4 is 23.5 Å². The van der Waals surface area contributed by atoms with Gasteiger partial charge < -0.3 is 21.3 Å². The summed E-state index contributed by atoms with van der Waals surface area (Å²) in [4.78, 5) is 27.8. The second-order valence-corrected chi connectivity index (χ2v) is 6.86. The van der Waals surface area contributed by atoms with E-state index in [-0.39, 0.29) is 17.7 Å². The lowest BCUT2D eigenvalue weighted by atomic mass is 9.90. The van der Waals surface area contributed by atoms with E-state index in [9.17, 15) is 9.59 Å². The molecule has 1 atom stereocenters. The molecule has 3 rings (SSSR count). The second kappa shape index (κ2) is 8.69. The molecule has 1 unspecified atom stereocenters. The van der Waals surface area contributed by atoms with Crippen molar-refractivity contribution in [2.75, 3.05) is 25.5 Å². The van der Waals surface area contributed by atoms with Crippen LogP contribution in [0.3, 0.4) is 0 Å². The Hall–Kier alpha value is -2.57. The van der Waals surface area contributed by atoms with Crippen molar-refractivity contribution in [3.05, 3.63) is 29.8 Å². The molecule has 1 aromatic rings. The molecule has 1 aromatic carbocycles. The average molecular weight is 357 g/mol. The third kappa shape index (κ3) is 5.21. The maximum atomic E-state index is 11.9. The van der Waals surface area contributed by atoms with Gasteiger partial charge in [-0.1, -0.05) is 18.2 Å². The number of amides is 2. The zero-order valence-corrected chi connectivity index (χ0v) is 15.2. The van der Waals surface area contributed by atoms with Crippen LogP contribution in [0.4, 0.5) is 5.69 Å². The van der Waals surface area contributed by atoms with E-state index in [1.54, 1.807) is 7.05 Å². The number of carbonyl (C=O) groups excluding carboxylic acids is 2. The van der Waals surface area contributed by atoms with Gasteiger partial charge in [0.2, 0.25) is 11.8 Å². The predicted octanol–water partition coefficient (Wildman–Crippen LogP) is 1.34. The molecule has 7 nitrogen and oxygen atoms in total. The number of nitrogens with zero attached hydrogens (tertiary/aromatic N) is 1. The predicted molar refractivity (Wildman–Crippen MR) is 102 cm³/mol. The quantitative estimate of drug-likeness (QED) is 0.336. The average Bonchev–Trinajstić information content (AvgIpc) is 3.44. The van der Waals surface area contributed by atoms with Crippen LogP contribution < -0.4 is 21.3 Å². The van der Waals surface area contributed by atoms with Gasteiger partial charge in [0.1, 0.15) is 0 Å². The molecule has 2 amide bonds. The highest BCUT2D eigenvalue weighted by atomic mass is 16.2. The largest absolute Gasteiger partial charge is 0.356 e. The molecule has 1 fully saturated rings. The minimum absolute atomic E-state index is 0.0418. The summed E-state index contributed by atoms with van der Waals surface area (Å²) in [6.45, 7) is 1.31. The normalized spacial score (nSPS) is 19.3. The maximum Gasteiger partial charge on any atom is 0.225 e. The van der Waals surface area contributed by atoms with Crippen LogP contribution >= 0.6 is 0 Å². The van der Waals surface area contributed by atoms with Crippen molar-refractivity contribution in [3.63, 3.8) is 0 Å². The number of aliphatic imine (C=N–C) groups is 1. The summed E-state index contributed by atoms with van der Waals surface area (Å²) < 4.78 is 0. The molecule has 0 bridgehead atoms. The number of benzene rings is 1. The van der Waals surface area contributed by atoms with E-state index in [0.29, 0.717) is 37.9 Å². The molecule has 7 heteroatoms. The Bertz CT molecular complexity index is 684. The zero-order chi connectivity index (χ0) is 18.4. The highest BCUT2D eigenvalue weighted by Crippen LogP contribution is 2.31. The monoisotopic (exact) mass is 357 g/mol. The van der Waals surface area contributed by atoms with E-state index in [0.717, 1.165) is 30.5 Å². The smallest absolute Gasteiger partial charge is 0.225 e. The standard InChI is InChI=1S/C19H27N5O2/c1-20-19(21-10-4-7-17(25)23-14-8-9-14)22-12-13-11-18(26)24-16-6-3-2-5-15(13)16/h2-3,5-6,13-14H,4,7-12H2,1H3,(H,23,25)(H,24,26)(H2,20,21,22). The van der Waals surface area contributed by atoms with Gasteiger partial charge in [-0.05, 0) is 30.9 Å². The molecular formula is C19H27N5O2. The first-order valence-electron chi connectivity index (χ1n) is 9.28. The van der Waals surface area contributed by atoms with Crippen LogP contribution in [0.5, 0.6) is 0 Å². The molecule has 26 heavy (non-hydrogen) atoms. The Morgan fingerprint density at radius 2 is 2.08 bits per heavy atom. The number of hydrogen-bond donors (Lipinski definition) is 4. The number of anilines is 1. The highest BCUT2D eigenvalue weighted by Gasteiger charge is 2.25. The van der Waals surface area contributed by atoms with E-state index < -0.39 is 0 Å². The Morgan fingerprint density at radius 1 is 1.27 bits per heavy atom. The number of hydrogen-bond acceptors (Lipinski definition) is 3. The Balaban J connectivity index is 1.41. The van der Waals surface area contributed by atoms with Gasteiger partial charge in [-0.2, -0.15) is 0 Å². The molecule has 140 valence electrons. The summed E-state index contributed by atoms with van der Waals surface area (Å²) in [5.41, 5.74) is 2.03. The van der Waals surface area contributed by atoms with Crippen molar-refractivity contribution < 1.29 is 9.59 Å². The van der Waals surface area contributed by atoms with Crippen molar-refractivity contribution in [2.45, 2.75) is 44.1 Å². The van der Waals surface area contributed by atoms with Crippen LogP contribution in [0.15, 0.2) is 29.3 Å². The van der Waals surface area contributed by atoms with E-state index in [1.165, 1.54) is 0 Å². The van der Waals surface area contributed by atoms with Gasteiger partial charge in [-0.3, -0.25) is 14.6 Å². The fraction of sp³-hybridized carbons (Fsp3) is 0.526. The van der Waals surface area contributed by atoms with Crippen molar-refractivity contribution in [1.29, 1.82) is 0 Å². The number of para-hydroxylation sites is 1. The summed E-state index contributed by atoms with van der Waals surface area (Å²) >= 11 is 0. The molecule has 0 saturated heterocycles. The van der Waals surface area contributed by atoms with Crippen LogP contribution in [0, 0.1) is 0 Å².